The second-order valence-electron chi connectivity index (χ2n) is 9.35. The van der Waals surface area contributed by atoms with Crippen LogP contribution >= 0.6 is 0 Å². The highest BCUT2D eigenvalue weighted by Gasteiger charge is 2.53. The Morgan fingerprint density at radius 2 is 1.37 bits per heavy atom. The predicted molar refractivity (Wildman–Crippen MR) is 139 cm³/mol. The van der Waals surface area contributed by atoms with Crippen molar-refractivity contribution in [3.05, 3.63) is 59.7 Å². The summed E-state index contributed by atoms with van der Waals surface area (Å²) in [6.45, 7) is 4.24. The zero-order valence-electron chi connectivity index (χ0n) is 22.8. The molecule has 218 valence electrons. The molecule has 0 aliphatic carbocycles. The minimum absolute atomic E-state index is 0.220. The lowest BCUT2D eigenvalue weighted by Gasteiger charge is -2.43. The van der Waals surface area contributed by atoms with Crippen LogP contribution in [0.5, 0.6) is 5.75 Å². The average Bonchev–Trinajstić information content (AvgIpc) is 2.90. The number of fused-ring (bicyclic) bond motifs is 1. The van der Waals surface area contributed by atoms with Crippen molar-refractivity contribution in [3.63, 3.8) is 0 Å². The highest BCUT2D eigenvalue weighted by Crippen LogP contribution is 2.32. The van der Waals surface area contributed by atoms with Crippen molar-refractivity contribution >= 4 is 35.5 Å². The molecule has 2 aliphatic rings. The first kappa shape index (κ1) is 29.3. The normalized spacial score (nSPS) is 24.9. The van der Waals surface area contributed by atoms with Crippen LogP contribution in [0.25, 0.3) is 0 Å². The van der Waals surface area contributed by atoms with Gasteiger partial charge in [0.15, 0.2) is 12.2 Å². The van der Waals surface area contributed by atoms with Gasteiger partial charge in [-0.3, -0.25) is 24.0 Å². The molecule has 0 bridgehead atoms. The van der Waals surface area contributed by atoms with Crippen molar-refractivity contribution in [3.8, 4) is 5.75 Å². The molecule has 2 N–H and O–H groups in total. The minimum Gasteiger partial charge on any atom is -0.463 e. The van der Waals surface area contributed by atoms with Crippen molar-refractivity contribution in [2.45, 2.75) is 64.6 Å². The SMILES string of the molecule is CC(=O)OC[C@H]1O[C@@H](Oc2ccc(C3NC(=O)c4ccccc4N3)cc2)[C@H](OC(C)=O)[C@@H](OC(C)=O)[C@@H]1OC(C)=O. The molecule has 0 radical (unpaired) electrons. The van der Waals surface area contributed by atoms with E-state index in [9.17, 15) is 24.0 Å². The Kier molecular flexibility index (Phi) is 9.07. The molecule has 13 nitrogen and oxygen atoms in total. The van der Waals surface area contributed by atoms with Crippen LogP contribution in [0.3, 0.4) is 0 Å². The van der Waals surface area contributed by atoms with Crippen LogP contribution in [0.1, 0.15) is 49.8 Å². The van der Waals surface area contributed by atoms with Gasteiger partial charge in [-0.2, -0.15) is 0 Å². The van der Waals surface area contributed by atoms with Crippen LogP contribution in [0.15, 0.2) is 48.5 Å². The fourth-order valence-corrected chi connectivity index (χ4v) is 4.53. The van der Waals surface area contributed by atoms with Crippen LogP contribution in [0.2, 0.25) is 0 Å². The highest BCUT2D eigenvalue weighted by atomic mass is 16.7. The number of benzene rings is 2. The molecule has 2 aromatic carbocycles. The number of nitrogens with one attached hydrogen (secondary N) is 2. The van der Waals surface area contributed by atoms with Gasteiger partial charge in [0.1, 0.15) is 24.6 Å². The number of ether oxygens (including phenoxy) is 6. The summed E-state index contributed by atoms with van der Waals surface area (Å²) in [6, 6.07) is 13.8. The summed E-state index contributed by atoms with van der Waals surface area (Å²) < 4.78 is 33.2. The van der Waals surface area contributed by atoms with E-state index in [4.69, 9.17) is 28.4 Å². The minimum atomic E-state index is -1.36. The molecule has 1 unspecified atom stereocenters. The number of amides is 1. The van der Waals surface area contributed by atoms with Crippen molar-refractivity contribution < 1.29 is 52.4 Å². The Bertz CT molecular complexity index is 1310. The van der Waals surface area contributed by atoms with Gasteiger partial charge in [-0.15, -0.1) is 0 Å². The molecule has 41 heavy (non-hydrogen) atoms. The van der Waals surface area contributed by atoms with E-state index in [1.54, 1.807) is 36.4 Å². The Labute approximate surface area is 235 Å². The number of carbonyl (C=O) groups is 5. The van der Waals surface area contributed by atoms with Gasteiger partial charge in [-0.1, -0.05) is 24.3 Å². The maximum Gasteiger partial charge on any atom is 0.303 e. The monoisotopic (exact) mass is 570 g/mol. The van der Waals surface area contributed by atoms with Crippen LogP contribution in [-0.4, -0.2) is 67.1 Å². The molecule has 2 aliphatic heterocycles. The second-order valence-corrected chi connectivity index (χ2v) is 9.35. The zero-order chi connectivity index (χ0) is 29.7. The van der Waals surface area contributed by atoms with E-state index in [1.807, 2.05) is 12.1 Å². The predicted octanol–water partition coefficient (Wildman–Crippen LogP) is 2.00. The number of rotatable bonds is 8. The number of esters is 4. The summed E-state index contributed by atoms with van der Waals surface area (Å²) in [4.78, 5) is 59.9. The molecule has 13 heteroatoms. The molecule has 1 amide bonds. The van der Waals surface area contributed by atoms with Gasteiger partial charge in [0.05, 0.1) is 5.56 Å². The van der Waals surface area contributed by atoms with Gasteiger partial charge in [0.25, 0.3) is 5.91 Å². The third-order valence-corrected chi connectivity index (χ3v) is 6.16. The molecular weight excluding hydrogens is 540 g/mol. The van der Waals surface area contributed by atoms with Crippen LogP contribution in [-0.2, 0) is 42.9 Å². The second kappa shape index (κ2) is 12.7. The summed E-state index contributed by atoms with van der Waals surface area (Å²) in [5.74, 6) is -2.78. The first-order chi connectivity index (χ1) is 19.5. The Morgan fingerprint density at radius 3 is 2.00 bits per heavy atom. The maximum atomic E-state index is 12.5. The van der Waals surface area contributed by atoms with Gasteiger partial charge in [-0.05, 0) is 29.8 Å². The topological polar surface area (TPSA) is 165 Å². The van der Waals surface area contributed by atoms with Crippen LogP contribution in [0.4, 0.5) is 5.69 Å². The van der Waals surface area contributed by atoms with Crippen LogP contribution < -0.4 is 15.4 Å². The number of para-hydroxylation sites is 1. The van der Waals surface area contributed by atoms with Gasteiger partial charge in [-0.25, -0.2) is 0 Å². The van der Waals surface area contributed by atoms with Gasteiger partial charge in [0.2, 0.25) is 12.4 Å². The number of hydrogen-bond donors (Lipinski definition) is 2. The van der Waals surface area contributed by atoms with E-state index in [-0.39, 0.29) is 18.3 Å². The van der Waals surface area contributed by atoms with E-state index >= 15 is 0 Å². The fraction of sp³-hybridized carbons (Fsp3) is 0.393. The number of anilines is 1. The lowest BCUT2D eigenvalue weighted by molar-refractivity contribution is -0.288. The lowest BCUT2D eigenvalue weighted by Crippen LogP contribution is -2.63. The Morgan fingerprint density at radius 1 is 0.756 bits per heavy atom. The summed E-state index contributed by atoms with van der Waals surface area (Å²) >= 11 is 0. The van der Waals surface area contributed by atoms with Gasteiger partial charge in [0, 0.05) is 33.4 Å². The maximum absolute atomic E-state index is 12.5. The smallest absolute Gasteiger partial charge is 0.303 e. The molecule has 0 spiro atoms. The fourth-order valence-electron chi connectivity index (χ4n) is 4.53. The molecule has 4 rings (SSSR count). The quantitative estimate of drug-likeness (QED) is 0.351. The van der Waals surface area contributed by atoms with E-state index < -0.39 is 60.7 Å². The Balaban J connectivity index is 1.58. The molecule has 0 saturated carbocycles. The average molecular weight is 571 g/mol. The van der Waals surface area contributed by atoms with E-state index in [2.05, 4.69) is 10.6 Å². The standard InChI is InChI=1S/C28H30N2O11/c1-14(31)36-13-22-23(37-15(2)32)24(38-16(3)33)25(39-17(4)34)28(41-22)40-19-11-9-18(10-12-19)26-29-21-8-6-5-7-20(21)27(35)30-26/h5-12,22-26,28-29H,13H2,1-4H3,(H,30,35)/t22-,23-,24+,25-,26?,28-/m1/s1. The lowest BCUT2D eigenvalue weighted by atomic mass is 9.98. The first-order valence-corrected chi connectivity index (χ1v) is 12.8. The van der Waals surface area contributed by atoms with Gasteiger partial charge < -0.3 is 39.1 Å². The van der Waals surface area contributed by atoms with E-state index in [0.717, 1.165) is 26.3 Å². The van der Waals surface area contributed by atoms with Crippen molar-refractivity contribution in [1.29, 1.82) is 0 Å². The summed E-state index contributed by atoms with van der Waals surface area (Å²) in [5, 5.41) is 6.15. The molecule has 1 fully saturated rings. The van der Waals surface area contributed by atoms with Crippen LogP contribution in [0, 0.1) is 0 Å². The molecule has 6 atom stereocenters. The third-order valence-electron chi connectivity index (χ3n) is 6.16. The highest BCUT2D eigenvalue weighted by molar-refractivity contribution is 6.01. The zero-order valence-corrected chi connectivity index (χ0v) is 22.8. The van der Waals surface area contributed by atoms with E-state index in [1.165, 1.54) is 6.92 Å². The number of carbonyl (C=O) groups excluding carboxylic acids is 5. The summed E-state index contributed by atoms with van der Waals surface area (Å²) in [5.41, 5.74) is 1.95. The number of hydrogen-bond acceptors (Lipinski definition) is 12. The largest absolute Gasteiger partial charge is 0.463 e. The molecule has 1 saturated heterocycles. The summed E-state index contributed by atoms with van der Waals surface area (Å²) in [6.07, 6.45) is -6.99. The Hall–Kier alpha value is -4.65. The molecule has 0 aromatic heterocycles. The van der Waals surface area contributed by atoms with Crippen molar-refractivity contribution in [1.82, 2.24) is 5.32 Å². The van der Waals surface area contributed by atoms with Gasteiger partial charge >= 0.3 is 23.9 Å². The third kappa shape index (κ3) is 7.31. The molecular formula is C28H30N2O11. The molecule has 2 heterocycles. The van der Waals surface area contributed by atoms with Crippen molar-refractivity contribution in [2.75, 3.05) is 11.9 Å². The van der Waals surface area contributed by atoms with E-state index in [0.29, 0.717) is 11.3 Å². The van der Waals surface area contributed by atoms with Crippen molar-refractivity contribution in [2.24, 2.45) is 0 Å². The molecule has 2 aromatic rings. The first-order valence-electron chi connectivity index (χ1n) is 12.8. The summed E-state index contributed by atoms with van der Waals surface area (Å²) in [7, 11) is 0.